The van der Waals surface area contributed by atoms with Crippen LogP contribution in [-0.2, 0) is 0 Å². The van der Waals surface area contributed by atoms with Crippen molar-refractivity contribution < 1.29 is 4.52 Å². The van der Waals surface area contributed by atoms with Gasteiger partial charge in [0.25, 0.3) is 0 Å². The van der Waals surface area contributed by atoms with Crippen LogP contribution in [0.25, 0.3) is 0 Å². The largest absolute Gasteiger partial charge is 0.361 e. The molecule has 1 rings (SSSR count). The van der Waals surface area contributed by atoms with Crippen LogP contribution in [0.2, 0.25) is 0 Å². The second-order valence-corrected chi connectivity index (χ2v) is 6.81. The average Bonchev–Trinajstić information content (AvgIpc) is 2.93. The molecule has 0 amide bonds. The summed E-state index contributed by atoms with van der Waals surface area (Å²) >= 11 is 0. The second kappa shape index (κ2) is 13.4. The lowest BCUT2D eigenvalue weighted by Gasteiger charge is -2.22. The second-order valence-electron chi connectivity index (χ2n) is 6.81. The Morgan fingerprint density at radius 1 is 1.23 bits per heavy atom. The van der Waals surface area contributed by atoms with Gasteiger partial charge in [0.05, 0.1) is 5.69 Å². The predicted octanol–water partition coefficient (Wildman–Crippen LogP) is 3.69. The molecule has 2 atom stereocenters. The number of rotatable bonds is 10. The van der Waals surface area contributed by atoms with Gasteiger partial charge in [-0.2, -0.15) is 0 Å². The first-order chi connectivity index (χ1) is 11.9. The molecule has 0 saturated heterocycles. The minimum Gasteiger partial charge on any atom is -0.361 e. The summed E-state index contributed by atoms with van der Waals surface area (Å²) in [4.78, 5) is 6.81. The molecule has 152 valence electrons. The minimum absolute atomic E-state index is 0. The topological polar surface area (TPSA) is 65.7 Å². The summed E-state index contributed by atoms with van der Waals surface area (Å²) in [5, 5.41) is 11.0. The Morgan fingerprint density at radius 3 is 2.38 bits per heavy atom. The van der Waals surface area contributed by atoms with E-state index in [4.69, 9.17) is 4.52 Å². The van der Waals surface area contributed by atoms with Gasteiger partial charge in [0.15, 0.2) is 5.96 Å². The van der Waals surface area contributed by atoms with Gasteiger partial charge in [0.2, 0.25) is 0 Å². The van der Waals surface area contributed by atoms with E-state index < -0.39 is 0 Å². The number of aromatic nitrogens is 1. The Bertz CT molecular complexity index is 508. The highest BCUT2D eigenvalue weighted by Gasteiger charge is 2.17. The number of aliphatic imine (C=N–C) groups is 1. The maximum Gasteiger partial charge on any atom is 0.191 e. The fraction of sp³-hybridized carbons (Fsp3) is 0.789. The Kier molecular flexibility index (Phi) is 12.9. The maximum atomic E-state index is 5.27. The summed E-state index contributed by atoms with van der Waals surface area (Å²) in [6, 6.07) is 0.399. The number of hydrogen-bond acceptors (Lipinski definition) is 4. The Balaban J connectivity index is 0.00000625. The van der Waals surface area contributed by atoms with E-state index >= 15 is 0 Å². The molecule has 2 N–H and O–H groups in total. The highest BCUT2D eigenvalue weighted by atomic mass is 127. The van der Waals surface area contributed by atoms with E-state index in [9.17, 15) is 0 Å². The third-order valence-corrected chi connectivity index (χ3v) is 4.77. The third-order valence-electron chi connectivity index (χ3n) is 4.77. The molecule has 0 aliphatic heterocycles. The highest BCUT2D eigenvalue weighted by Crippen LogP contribution is 2.22. The Morgan fingerprint density at radius 2 is 1.88 bits per heavy atom. The monoisotopic (exact) mass is 479 g/mol. The number of aryl methyl sites for hydroxylation is 2. The lowest BCUT2D eigenvalue weighted by Crippen LogP contribution is -2.43. The molecule has 0 aromatic carbocycles. The number of hydrogen-bond donors (Lipinski definition) is 2. The predicted molar refractivity (Wildman–Crippen MR) is 121 cm³/mol. The smallest absolute Gasteiger partial charge is 0.191 e. The minimum atomic E-state index is 0. The zero-order valence-corrected chi connectivity index (χ0v) is 19.9. The summed E-state index contributed by atoms with van der Waals surface area (Å²) in [6.07, 6.45) is 2.33. The molecule has 1 heterocycles. The maximum absolute atomic E-state index is 5.27. The molecule has 7 heteroatoms. The summed E-state index contributed by atoms with van der Waals surface area (Å²) in [6.45, 7) is 17.0. The molecular weight excluding hydrogens is 441 g/mol. The van der Waals surface area contributed by atoms with Gasteiger partial charge >= 0.3 is 0 Å². The number of nitrogens with zero attached hydrogens (tertiary/aromatic N) is 3. The zero-order valence-electron chi connectivity index (χ0n) is 17.6. The van der Waals surface area contributed by atoms with Crippen LogP contribution in [-0.4, -0.2) is 55.3 Å². The summed E-state index contributed by atoms with van der Waals surface area (Å²) in [5.74, 6) is 2.08. The first kappa shape index (κ1) is 25.2. The molecular formula is C19H38IN5O. The van der Waals surface area contributed by atoms with Gasteiger partial charge in [-0.3, -0.25) is 4.99 Å². The van der Waals surface area contributed by atoms with Crippen LogP contribution in [0.1, 0.15) is 63.5 Å². The third kappa shape index (κ3) is 8.24. The van der Waals surface area contributed by atoms with E-state index in [2.05, 4.69) is 53.4 Å². The molecule has 0 saturated carbocycles. The molecule has 0 spiro atoms. The quantitative estimate of drug-likeness (QED) is 0.305. The fourth-order valence-corrected chi connectivity index (χ4v) is 3.21. The van der Waals surface area contributed by atoms with E-state index in [1.54, 1.807) is 0 Å². The van der Waals surface area contributed by atoms with Gasteiger partial charge in [0, 0.05) is 31.1 Å². The van der Waals surface area contributed by atoms with Crippen molar-refractivity contribution in [1.82, 2.24) is 20.7 Å². The van der Waals surface area contributed by atoms with E-state index in [1.807, 2.05) is 20.9 Å². The van der Waals surface area contributed by atoms with Crippen LogP contribution < -0.4 is 10.6 Å². The molecule has 2 unspecified atom stereocenters. The van der Waals surface area contributed by atoms with Crippen molar-refractivity contribution in [1.29, 1.82) is 0 Å². The molecule has 0 aliphatic carbocycles. The molecule has 6 nitrogen and oxygen atoms in total. The van der Waals surface area contributed by atoms with Crippen LogP contribution >= 0.6 is 24.0 Å². The molecule has 1 aromatic heterocycles. The van der Waals surface area contributed by atoms with Crippen molar-refractivity contribution in [2.45, 2.75) is 66.3 Å². The van der Waals surface area contributed by atoms with Gasteiger partial charge < -0.3 is 20.1 Å². The van der Waals surface area contributed by atoms with Crippen molar-refractivity contribution in [2.24, 2.45) is 4.99 Å². The highest BCUT2D eigenvalue weighted by molar-refractivity contribution is 14.0. The summed E-state index contributed by atoms with van der Waals surface area (Å²) < 4.78 is 5.27. The normalized spacial score (nSPS) is 14.1. The summed E-state index contributed by atoms with van der Waals surface area (Å²) in [7, 11) is 1.82. The van der Waals surface area contributed by atoms with Gasteiger partial charge in [-0.25, -0.2) is 0 Å². The Labute approximate surface area is 176 Å². The van der Waals surface area contributed by atoms with E-state index in [0.29, 0.717) is 12.0 Å². The van der Waals surface area contributed by atoms with Crippen molar-refractivity contribution in [3.05, 3.63) is 17.0 Å². The van der Waals surface area contributed by atoms with Gasteiger partial charge in [-0.15, -0.1) is 24.0 Å². The number of halogens is 1. The summed E-state index contributed by atoms with van der Waals surface area (Å²) in [5.41, 5.74) is 2.16. The van der Waals surface area contributed by atoms with Crippen molar-refractivity contribution in [3.63, 3.8) is 0 Å². The van der Waals surface area contributed by atoms with Gasteiger partial charge in [0.1, 0.15) is 5.76 Å². The Hall–Kier alpha value is -0.830. The van der Waals surface area contributed by atoms with E-state index in [0.717, 1.165) is 50.0 Å². The lowest BCUT2D eigenvalue weighted by atomic mass is 10.00. The van der Waals surface area contributed by atoms with Crippen LogP contribution in [0, 0.1) is 13.8 Å². The van der Waals surface area contributed by atoms with Crippen LogP contribution in [0.3, 0.4) is 0 Å². The van der Waals surface area contributed by atoms with Crippen LogP contribution in [0.5, 0.6) is 0 Å². The molecule has 26 heavy (non-hydrogen) atoms. The first-order valence-electron chi connectivity index (χ1n) is 9.55. The average molecular weight is 479 g/mol. The SMILES string of the molecule is CCN(CC)CCCC(C)NC(=NC)NCC(C)c1c(C)noc1C.I. The zero-order chi connectivity index (χ0) is 18.8. The molecule has 1 aromatic rings. The molecule has 0 aliphatic rings. The fourth-order valence-electron chi connectivity index (χ4n) is 3.21. The van der Waals surface area contributed by atoms with Gasteiger partial charge in [-0.1, -0.05) is 25.9 Å². The number of guanidine groups is 1. The van der Waals surface area contributed by atoms with Gasteiger partial charge in [-0.05, 0) is 53.2 Å². The standard InChI is InChI=1S/C19H37N5O.HI/c1-8-24(9-2)12-10-11-15(4)22-19(20-7)21-13-14(3)18-16(5)23-25-17(18)6;/h14-15H,8-13H2,1-7H3,(H2,20,21,22);1H. The molecule has 0 fully saturated rings. The molecule has 0 radical (unpaired) electrons. The van der Waals surface area contributed by atoms with E-state index in [1.165, 1.54) is 12.0 Å². The van der Waals surface area contributed by atoms with Crippen LogP contribution in [0.4, 0.5) is 0 Å². The molecule has 0 bridgehead atoms. The van der Waals surface area contributed by atoms with E-state index in [-0.39, 0.29) is 24.0 Å². The number of nitrogens with one attached hydrogen (secondary N) is 2. The van der Waals surface area contributed by atoms with Crippen molar-refractivity contribution in [3.8, 4) is 0 Å². The van der Waals surface area contributed by atoms with Crippen molar-refractivity contribution >= 4 is 29.9 Å². The lowest BCUT2D eigenvalue weighted by molar-refractivity contribution is 0.292. The first-order valence-corrected chi connectivity index (χ1v) is 9.55. The van der Waals surface area contributed by atoms with Crippen LogP contribution in [0.15, 0.2) is 9.52 Å². The van der Waals surface area contributed by atoms with Crippen molar-refractivity contribution in [2.75, 3.05) is 33.2 Å².